The fourth-order valence-electron chi connectivity index (χ4n) is 7.40. The molecule has 1 aliphatic carbocycles. The van der Waals surface area contributed by atoms with E-state index in [9.17, 15) is 4.39 Å². The van der Waals surface area contributed by atoms with Gasteiger partial charge in [-0.25, -0.2) is 9.37 Å². The molecule has 7 heteroatoms. The van der Waals surface area contributed by atoms with Crippen LogP contribution < -0.4 is 4.74 Å². The third-order valence-corrected chi connectivity index (χ3v) is 9.12. The molecule has 46 heavy (non-hydrogen) atoms. The fourth-order valence-corrected chi connectivity index (χ4v) is 7.40. The summed E-state index contributed by atoms with van der Waals surface area (Å²) in [5, 5.41) is 7.18. The number of pyridine rings is 1. The summed E-state index contributed by atoms with van der Waals surface area (Å²) in [6, 6.07) is 27.6. The van der Waals surface area contributed by atoms with Crippen LogP contribution in [0.25, 0.3) is 33.3 Å². The van der Waals surface area contributed by atoms with Crippen molar-refractivity contribution < 1.29 is 30.2 Å². The molecule has 0 fully saturated rings. The first-order valence-corrected chi connectivity index (χ1v) is 15.9. The average Bonchev–Trinajstić information content (AvgIpc) is 3.56. The largest absolute Gasteiger partial charge is 2.00 e. The van der Waals surface area contributed by atoms with E-state index >= 15 is 0 Å². The number of benzene rings is 3. The molecule has 236 valence electrons. The molecule has 1 unspecified atom stereocenters. The molecular formula is C39H37FN4OPt. The van der Waals surface area contributed by atoms with Gasteiger partial charge in [0, 0.05) is 46.5 Å². The normalized spacial score (nSPS) is 18.0. The van der Waals surface area contributed by atoms with Gasteiger partial charge in [-0.2, -0.15) is 17.2 Å². The van der Waals surface area contributed by atoms with E-state index < -0.39 is 0 Å². The number of rotatable bonds is 7. The van der Waals surface area contributed by atoms with E-state index in [-0.39, 0.29) is 26.9 Å². The first-order chi connectivity index (χ1) is 21.9. The predicted molar refractivity (Wildman–Crippen MR) is 178 cm³/mol. The van der Waals surface area contributed by atoms with Crippen molar-refractivity contribution in [2.24, 2.45) is 11.8 Å². The van der Waals surface area contributed by atoms with Crippen LogP contribution in [0.3, 0.4) is 0 Å². The Labute approximate surface area is 284 Å². The topological polar surface area (TPSA) is 44.9 Å². The predicted octanol–water partition coefficient (Wildman–Crippen LogP) is 9.72. The molecule has 0 radical (unpaired) electrons. The minimum Gasteiger partial charge on any atom is -0.509 e. The second-order valence-electron chi connectivity index (χ2n) is 12.3. The van der Waals surface area contributed by atoms with E-state index in [1.807, 2.05) is 53.1 Å². The van der Waals surface area contributed by atoms with Gasteiger partial charge in [0.05, 0.1) is 5.69 Å². The first kappa shape index (κ1) is 31.9. The zero-order valence-electron chi connectivity index (χ0n) is 26.8. The Morgan fingerprint density at radius 1 is 0.935 bits per heavy atom. The number of para-hydroxylation sites is 1. The number of hydrogen-bond donors (Lipinski definition) is 0. The molecule has 3 heterocycles. The number of hydrogen-bond acceptors (Lipinski definition) is 3. The summed E-state index contributed by atoms with van der Waals surface area (Å²) in [6.07, 6.45) is 6.86. The first-order valence-electron chi connectivity index (χ1n) is 15.9. The Morgan fingerprint density at radius 2 is 1.74 bits per heavy atom. The molecule has 0 saturated carbocycles. The van der Waals surface area contributed by atoms with Crippen LogP contribution in [-0.4, -0.2) is 19.3 Å². The molecule has 0 N–H and O–H groups in total. The maximum Gasteiger partial charge on any atom is 2.00 e. The van der Waals surface area contributed by atoms with Crippen LogP contribution in [0.1, 0.15) is 63.9 Å². The van der Waals surface area contributed by atoms with Crippen molar-refractivity contribution in [1.82, 2.24) is 19.3 Å². The molecule has 3 aromatic heterocycles. The Balaban J connectivity index is 0.00000372. The monoisotopic (exact) mass is 791 g/mol. The molecule has 5 nitrogen and oxygen atoms in total. The van der Waals surface area contributed by atoms with Crippen LogP contribution in [0.15, 0.2) is 84.6 Å². The number of ether oxygens (including phenoxy) is 1. The zero-order chi connectivity index (χ0) is 31.2. The van der Waals surface area contributed by atoms with Gasteiger partial charge in [0.1, 0.15) is 11.6 Å². The number of fused-ring (bicyclic) bond motifs is 3. The Kier molecular flexibility index (Phi) is 9.03. The summed E-state index contributed by atoms with van der Waals surface area (Å²) in [5.74, 6) is 2.79. The molecule has 3 aromatic carbocycles. The van der Waals surface area contributed by atoms with Gasteiger partial charge in [-0.1, -0.05) is 63.1 Å². The van der Waals surface area contributed by atoms with Crippen LogP contribution >= 0.6 is 0 Å². The number of aromatic nitrogens is 4. The van der Waals surface area contributed by atoms with E-state index in [2.05, 4.69) is 68.6 Å². The Hall–Kier alpha value is -4.02. The summed E-state index contributed by atoms with van der Waals surface area (Å²) in [6.45, 7) is 11.4. The van der Waals surface area contributed by atoms with E-state index in [4.69, 9.17) is 9.84 Å². The van der Waals surface area contributed by atoms with Gasteiger partial charge < -0.3 is 9.30 Å². The second kappa shape index (κ2) is 13.0. The summed E-state index contributed by atoms with van der Waals surface area (Å²) in [4.78, 5) is 4.46. The zero-order valence-corrected chi connectivity index (χ0v) is 29.0. The van der Waals surface area contributed by atoms with E-state index in [1.165, 1.54) is 41.6 Å². The average molecular weight is 792 g/mol. The quantitative estimate of drug-likeness (QED) is 0.120. The van der Waals surface area contributed by atoms with E-state index in [1.54, 1.807) is 0 Å². The van der Waals surface area contributed by atoms with Gasteiger partial charge >= 0.3 is 21.1 Å². The number of allylic oxidation sites excluding steroid dienone is 2. The molecular weight excluding hydrogens is 755 g/mol. The molecule has 0 spiro atoms. The molecule has 0 bridgehead atoms. The van der Waals surface area contributed by atoms with Crippen molar-refractivity contribution in [3.63, 3.8) is 0 Å². The number of halogens is 1. The summed E-state index contributed by atoms with van der Waals surface area (Å²) >= 11 is 0. The minimum atomic E-state index is -0.345. The van der Waals surface area contributed by atoms with Gasteiger partial charge in [-0.15, -0.1) is 35.7 Å². The van der Waals surface area contributed by atoms with Crippen LogP contribution in [0.2, 0.25) is 0 Å². The second-order valence-corrected chi connectivity index (χ2v) is 12.3. The Bertz CT molecular complexity index is 2080. The molecule has 7 rings (SSSR count). The number of nitrogens with zero attached hydrogens (tertiary/aromatic N) is 4. The van der Waals surface area contributed by atoms with Crippen molar-refractivity contribution in [2.75, 3.05) is 0 Å². The molecule has 6 aromatic rings. The van der Waals surface area contributed by atoms with Gasteiger partial charge in [0.15, 0.2) is 0 Å². The van der Waals surface area contributed by atoms with Gasteiger partial charge in [-0.05, 0) is 61.2 Å². The van der Waals surface area contributed by atoms with E-state index in [0.717, 1.165) is 46.0 Å². The summed E-state index contributed by atoms with van der Waals surface area (Å²) in [5.41, 5.74) is 7.76. The standard InChI is InChI=1S/C39H37FN4O.Pt/c1-6-33-39(38-25(4)19-24(3)20-26(38)5)34(7-2)44(42-33)28-11-10-12-29(22-28)45-30-15-16-32-31-13-8-9-14-35(31)43(36(32)23-30)37-21-27(40)17-18-41-37;/h8-19,21,24,26,38H,6-7,20H2,1-5H3;/q-2;+2/t24-,26-,38?;/m0./s1. The van der Waals surface area contributed by atoms with Crippen LogP contribution in [0.5, 0.6) is 11.5 Å². The third kappa shape index (κ3) is 5.62. The van der Waals surface area contributed by atoms with Crippen molar-refractivity contribution in [1.29, 1.82) is 0 Å². The van der Waals surface area contributed by atoms with Crippen molar-refractivity contribution in [3.05, 3.63) is 119 Å². The molecule has 1 aliphatic rings. The van der Waals surface area contributed by atoms with E-state index in [0.29, 0.717) is 35.1 Å². The maximum atomic E-state index is 14.3. The van der Waals surface area contributed by atoms with Crippen molar-refractivity contribution >= 4 is 21.8 Å². The van der Waals surface area contributed by atoms with Gasteiger partial charge in [0.25, 0.3) is 0 Å². The van der Waals surface area contributed by atoms with Crippen molar-refractivity contribution in [2.45, 2.75) is 59.8 Å². The number of aryl methyl sites for hydroxylation is 1. The summed E-state index contributed by atoms with van der Waals surface area (Å²) < 4.78 is 24.6. The molecule has 0 saturated heterocycles. The molecule has 0 amide bonds. The Morgan fingerprint density at radius 3 is 2.50 bits per heavy atom. The minimum absolute atomic E-state index is 0. The van der Waals surface area contributed by atoms with Gasteiger partial charge in [0.2, 0.25) is 0 Å². The maximum absolute atomic E-state index is 14.3. The molecule has 3 atom stereocenters. The fraction of sp³-hybridized carbons (Fsp3) is 0.282. The third-order valence-electron chi connectivity index (χ3n) is 9.12. The van der Waals surface area contributed by atoms with Crippen LogP contribution in [0.4, 0.5) is 4.39 Å². The van der Waals surface area contributed by atoms with Crippen LogP contribution in [0, 0.1) is 29.8 Å². The van der Waals surface area contributed by atoms with Crippen LogP contribution in [-0.2, 0) is 33.9 Å². The molecule has 0 aliphatic heterocycles. The van der Waals surface area contributed by atoms with Crippen molar-refractivity contribution in [3.8, 4) is 23.0 Å². The summed E-state index contributed by atoms with van der Waals surface area (Å²) in [7, 11) is 0. The SMILES string of the molecule is CCc1nn(-c2[c-]c(Oc3[c-]c4c(cc3)c3ccccc3n4-c3cc(F)ccn3)ccc2)c(CC)c1C1C(C)=C[C@H](C)C[C@@H]1C.[Pt+2]. The smallest absolute Gasteiger partial charge is 0.509 e. The van der Waals surface area contributed by atoms with Gasteiger partial charge in [-0.3, -0.25) is 4.68 Å².